The van der Waals surface area contributed by atoms with Gasteiger partial charge in [0.15, 0.2) is 0 Å². The third-order valence-corrected chi connectivity index (χ3v) is 3.43. The molecule has 0 bridgehead atoms. The minimum Gasteiger partial charge on any atom is -0.326 e. The molecule has 0 aromatic carbocycles. The van der Waals surface area contributed by atoms with Crippen molar-refractivity contribution < 1.29 is 0 Å². The van der Waals surface area contributed by atoms with E-state index in [1.165, 1.54) is 16.3 Å². The van der Waals surface area contributed by atoms with Gasteiger partial charge in [-0.2, -0.15) is 0 Å². The summed E-state index contributed by atoms with van der Waals surface area (Å²) in [5, 5.41) is 2.13. The highest BCUT2D eigenvalue weighted by Gasteiger charge is 1.99. The predicted molar refractivity (Wildman–Crippen MR) is 66.2 cm³/mol. The lowest BCUT2D eigenvalue weighted by molar-refractivity contribution is 0.785. The molecule has 0 spiro atoms. The summed E-state index contributed by atoms with van der Waals surface area (Å²) in [6.45, 7) is 5.22. The molecule has 0 aliphatic heterocycles. The first kappa shape index (κ1) is 10.3. The van der Waals surface area contributed by atoms with Crippen LogP contribution in [0.15, 0.2) is 29.6 Å². The number of nitrogens with zero attached hydrogens (tertiary/aromatic N) is 1. The topological polar surface area (TPSA) is 17.0 Å². The molecule has 2 nitrogen and oxygen atoms in total. The lowest BCUT2D eigenvalue weighted by Gasteiger charge is -2.11. The van der Waals surface area contributed by atoms with Gasteiger partial charge in [0.1, 0.15) is 0 Å². The van der Waals surface area contributed by atoms with Gasteiger partial charge in [0.05, 0.1) is 0 Å². The Morgan fingerprint density at radius 3 is 2.53 bits per heavy atom. The molecule has 0 unspecified atom stereocenters. The van der Waals surface area contributed by atoms with Crippen LogP contribution in [0.2, 0.25) is 0 Å². The molecule has 2 aromatic heterocycles. The number of aryl methyl sites for hydroxylation is 2. The maximum Gasteiger partial charge on any atom is 0.0366 e. The van der Waals surface area contributed by atoms with E-state index in [-0.39, 0.29) is 0 Å². The van der Waals surface area contributed by atoms with Crippen LogP contribution in [0.3, 0.4) is 0 Å². The average molecular weight is 220 g/mol. The Morgan fingerprint density at radius 2 is 1.93 bits per heavy atom. The van der Waals surface area contributed by atoms with Gasteiger partial charge < -0.3 is 5.43 Å². The third-order valence-electron chi connectivity index (χ3n) is 2.49. The van der Waals surface area contributed by atoms with E-state index < -0.39 is 0 Å². The maximum absolute atomic E-state index is 3.42. The Bertz CT molecular complexity index is 395. The third kappa shape index (κ3) is 2.42. The van der Waals surface area contributed by atoms with Crippen LogP contribution >= 0.6 is 11.3 Å². The molecule has 0 atom stereocenters. The highest BCUT2D eigenvalue weighted by molar-refractivity contribution is 7.09. The summed E-state index contributed by atoms with van der Waals surface area (Å²) in [6.07, 6.45) is 1.09. The van der Waals surface area contributed by atoms with Crippen molar-refractivity contribution in [2.45, 2.75) is 20.3 Å². The quantitative estimate of drug-likeness (QED) is 0.838. The Kier molecular flexibility index (Phi) is 3.11. The van der Waals surface area contributed by atoms with Crippen molar-refractivity contribution in [1.82, 2.24) is 4.68 Å². The number of hydrogen-bond acceptors (Lipinski definition) is 2. The molecule has 1 N–H and O–H groups in total. The van der Waals surface area contributed by atoms with Crippen LogP contribution < -0.4 is 5.43 Å². The lowest BCUT2D eigenvalue weighted by atomic mass is 10.3. The van der Waals surface area contributed by atoms with Crippen molar-refractivity contribution in [1.29, 1.82) is 0 Å². The fourth-order valence-electron chi connectivity index (χ4n) is 1.66. The second-order valence-corrected chi connectivity index (χ2v) is 4.72. The summed E-state index contributed by atoms with van der Waals surface area (Å²) >= 11 is 1.82. The van der Waals surface area contributed by atoms with E-state index in [2.05, 4.69) is 53.6 Å². The summed E-state index contributed by atoms with van der Waals surface area (Å²) < 4.78 is 2.15. The van der Waals surface area contributed by atoms with Gasteiger partial charge in [0, 0.05) is 29.2 Å². The molecule has 0 saturated heterocycles. The van der Waals surface area contributed by atoms with Crippen molar-refractivity contribution in [3.05, 3.63) is 45.9 Å². The van der Waals surface area contributed by atoms with Crippen molar-refractivity contribution >= 4 is 11.3 Å². The molecule has 0 saturated carbocycles. The van der Waals surface area contributed by atoms with Gasteiger partial charge in [-0.25, -0.2) is 0 Å². The molecule has 0 aliphatic rings. The fraction of sp³-hybridized carbons (Fsp3) is 0.333. The van der Waals surface area contributed by atoms with Crippen LogP contribution in [0, 0.1) is 13.8 Å². The van der Waals surface area contributed by atoms with E-state index in [0.717, 1.165) is 13.0 Å². The minimum atomic E-state index is 0.983. The van der Waals surface area contributed by atoms with Crippen LogP contribution in [0.4, 0.5) is 0 Å². The number of rotatable bonds is 4. The van der Waals surface area contributed by atoms with Gasteiger partial charge in [0.25, 0.3) is 0 Å². The van der Waals surface area contributed by atoms with Gasteiger partial charge in [-0.15, -0.1) is 11.3 Å². The van der Waals surface area contributed by atoms with E-state index in [9.17, 15) is 0 Å². The van der Waals surface area contributed by atoms with Crippen LogP contribution in [0.1, 0.15) is 16.3 Å². The molecular weight excluding hydrogens is 204 g/mol. The second kappa shape index (κ2) is 4.53. The molecule has 2 aromatic rings. The summed E-state index contributed by atoms with van der Waals surface area (Å²) in [7, 11) is 0. The minimum absolute atomic E-state index is 0.983. The van der Waals surface area contributed by atoms with Gasteiger partial charge in [-0.05, 0) is 37.4 Å². The van der Waals surface area contributed by atoms with Gasteiger partial charge >= 0.3 is 0 Å². The molecule has 0 amide bonds. The van der Waals surface area contributed by atoms with Crippen LogP contribution in [0.25, 0.3) is 0 Å². The van der Waals surface area contributed by atoms with E-state index in [4.69, 9.17) is 0 Å². The van der Waals surface area contributed by atoms with E-state index in [1.807, 2.05) is 11.3 Å². The zero-order valence-corrected chi connectivity index (χ0v) is 9.97. The van der Waals surface area contributed by atoms with Gasteiger partial charge in [-0.3, -0.25) is 4.68 Å². The normalized spacial score (nSPS) is 10.5. The zero-order chi connectivity index (χ0) is 10.7. The molecule has 0 aliphatic carbocycles. The number of thiophene rings is 1. The maximum atomic E-state index is 3.42. The molecule has 15 heavy (non-hydrogen) atoms. The highest BCUT2D eigenvalue weighted by atomic mass is 32.1. The molecule has 2 heterocycles. The SMILES string of the molecule is Cc1ccc(C)n1NCCc1cccs1. The van der Waals surface area contributed by atoms with Crippen LogP contribution in [0.5, 0.6) is 0 Å². The van der Waals surface area contributed by atoms with Crippen molar-refractivity contribution in [2.24, 2.45) is 0 Å². The zero-order valence-electron chi connectivity index (χ0n) is 9.16. The van der Waals surface area contributed by atoms with Crippen molar-refractivity contribution in [3.8, 4) is 0 Å². The standard InChI is InChI=1S/C12H16N2S/c1-10-5-6-11(2)14(10)13-8-7-12-4-3-9-15-12/h3-6,9,13H,7-8H2,1-2H3. The first-order valence-electron chi connectivity index (χ1n) is 5.18. The molecule has 2 rings (SSSR count). The van der Waals surface area contributed by atoms with Gasteiger partial charge in [-0.1, -0.05) is 6.07 Å². The molecule has 0 fully saturated rings. The summed E-state index contributed by atoms with van der Waals surface area (Å²) in [6, 6.07) is 8.55. The molecule has 80 valence electrons. The van der Waals surface area contributed by atoms with Crippen molar-refractivity contribution in [3.63, 3.8) is 0 Å². The van der Waals surface area contributed by atoms with E-state index >= 15 is 0 Å². The Balaban J connectivity index is 1.89. The smallest absolute Gasteiger partial charge is 0.0366 e. The Hall–Kier alpha value is -1.22. The predicted octanol–water partition coefficient (Wildman–Crippen LogP) is 2.95. The molecular formula is C12H16N2S. The number of aromatic nitrogens is 1. The van der Waals surface area contributed by atoms with Gasteiger partial charge in [0.2, 0.25) is 0 Å². The monoisotopic (exact) mass is 220 g/mol. The summed E-state index contributed by atoms with van der Waals surface area (Å²) in [5.74, 6) is 0. The highest BCUT2D eigenvalue weighted by Crippen LogP contribution is 2.09. The largest absolute Gasteiger partial charge is 0.326 e. The number of nitrogens with one attached hydrogen (secondary N) is 1. The summed E-state index contributed by atoms with van der Waals surface area (Å²) in [5.41, 5.74) is 5.95. The fourth-order valence-corrected chi connectivity index (χ4v) is 2.37. The van der Waals surface area contributed by atoms with E-state index in [0.29, 0.717) is 0 Å². The van der Waals surface area contributed by atoms with E-state index in [1.54, 1.807) is 0 Å². The van der Waals surface area contributed by atoms with Crippen molar-refractivity contribution in [2.75, 3.05) is 12.0 Å². The second-order valence-electron chi connectivity index (χ2n) is 3.69. The molecule has 3 heteroatoms. The number of hydrogen-bond donors (Lipinski definition) is 1. The summed E-state index contributed by atoms with van der Waals surface area (Å²) in [4.78, 5) is 1.44. The van der Waals surface area contributed by atoms with Crippen LogP contribution in [-0.2, 0) is 6.42 Å². The Labute approximate surface area is 94.5 Å². The first-order chi connectivity index (χ1) is 7.27. The molecule has 0 radical (unpaired) electrons. The average Bonchev–Trinajstić information content (AvgIpc) is 2.82. The lowest BCUT2D eigenvalue weighted by Crippen LogP contribution is -2.19. The first-order valence-corrected chi connectivity index (χ1v) is 6.06. The van der Waals surface area contributed by atoms with Crippen LogP contribution in [-0.4, -0.2) is 11.2 Å². The Morgan fingerprint density at radius 1 is 1.20 bits per heavy atom.